The predicted octanol–water partition coefficient (Wildman–Crippen LogP) is 1.71. The molecular weight excluding hydrogens is 216 g/mol. The lowest BCUT2D eigenvalue weighted by Gasteiger charge is -2.32. The van der Waals surface area contributed by atoms with E-state index < -0.39 is 0 Å². The number of carbonyl (C=O) groups is 1. The molecule has 0 amide bonds. The molecule has 1 saturated heterocycles. The van der Waals surface area contributed by atoms with Crippen molar-refractivity contribution in [3.63, 3.8) is 0 Å². The van der Waals surface area contributed by atoms with E-state index in [1.807, 2.05) is 0 Å². The molecule has 1 saturated carbocycles. The molecule has 0 N–H and O–H groups in total. The molecule has 1 aliphatic heterocycles. The first kappa shape index (κ1) is 12.4. The molecular formula is C13H20N2O2. The number of hydrogen-bond donors (Lipinski definition) is 0. The lowest BCUT2D eigenvalue weighted by molar-refractivity contribution is -0.146. The van der Waals surface area contributed by atoms with Crippen LogP contribution in [0.2, 0.25) is 0 Å². The summed E-state index contributed by atoms with van der Waals surface area (Å²) >= 11 is 0. The maximum Gasteiger partial charge on any atom is 0.323 e. The summed E-state index contributed by atoms with van der Waals surface area (Å²) in [5.74, 6) is 0.504. The van der Waals surface area contributed by atoms with E-state index in [4.69, 9.17) is 10.00 Å². The Kier molecular flexibility index (Phi) is 4.01. The average molecular weight is 236 g/mol. The third-order valence-electron chi connectivity index (χ3n) is 4.18. The summed E-state index contributed by atoms with van der Waals surface area (Å²) < 4.78 is 4.89. The van der Waals surface area contributed by atoms with Crippen LogP contribution in [-0.2, 0) is 9.53 Å². The Labute approximate surface area is 103 Å². The van der Waals surface area contributed by atoms with E-state index in [0.717, 1.165) is 6.42 Å². The van der Waals surface area contributed by atoms with Gasteiger partial charge >= 0.3 is 5.97 Å². The van der Waals surface area contributed by atoms with Gasteiger partial charge in [-0.3, -0.25) is 9.69 Å². The summed E-state index contributed by atoms with van der Waals surface area (Å²) in [5.41, 5.74) is 0. The van der Waals surface area contributed by atoms with Gasteiger partial charge in [0.15, 0.2) is 0 Å². The smallest absolute Gasteiger partial charge is 0.323 e. The number of nitriles is 1. The maximum absolute atomic E-state index is 11.8. The zero-order valence-corrected chi connectivity index (χ0v) is 10.4. The van der Waals surface area contributed by atoms with E-state index in [1.54, 1.807) is 0 Å². The molecule has 3 atom stereocenters. The van der Waals surface area contributed by atoms with E-state index in [2.05, 4.69) is 11.0 Å². The zero-order chi connectivity index (χ0) is 12.3. The minimum atomic E-state index is -0.127. The summed E-state index contributed by atoms with van der Waals surface area (Å²) in [6, 6.07) is 2.57. The van der Waals surface area contributed by atoms with Crippen molar-refractivity contribution in [3.8, 4) is 6.07 Å². The van der Waals surface area contributed by atoms with Crippen molar-refractivity contribution in [2.24, 2.45) is 5.92 Å². The van der Waals surface area contributed by atoms with Crippen molar-refractivity contribution in [2.75, 3.05) is 13.7 Å². The molecule has 4 nitrogen and oxygen atoms in total. The molecule has 1 aliphatic carbocycles. The van der Waals surface area contributed by atoms with Crippen molar-refractivity contribution in [2.45, 2.75) is 50.6 Å². The minimum Gasteiger partial charge on any atom is -0.468 e. The van der Waals surface area contributed by atoms with Gasteiger partial charge in [0.2, 0.25) is 0 Å². The van der Waals surface area contributed by atoms with Gasteiger partial charge in [-0.15, -0.1) is 0 Å². The first-order chi connectivity index (χ1) is 8.27. The Bertz CT molecular complexity index is 324. The highest BCUT2D eigenvalue weighted by Crippen LogP contribution is 2.39. The molecule has 0 aromatic carbocycles. The molecule has 2 aliphatic rings. The molecule has 1 heterocycles. The van der Waals surface area contributed by atoms with Gasteiger partial charge in [0.1, 0.15) is 6.04 Å². The van der Waals surface area contributed by atoms with Crippen LogP contribution in [0.3, 0.4) is 0 Å². The Morgan fingerprint density at radius 3 is 2.94 bits per heavy atom. The molecule has 0 aromatic heterocycles. The number of likely N-dealkylation sites (tertiary alicyclic amines) is 1. The second-order valence-electron chi connectivity index (χ2n) is 5.03. The normalized spacial score (nSPS) is 32.8. The number of ether oxygens (including phenoxy) is 1. The minimum absolute atomic E-state index is 0.110. The average Bonchev–Trinajstić information content (AvgIpc) is 2.74. The highest BCUT2D eigenvalue weighted by molar-refractivity contribution is 5.76. The van der Waals surface area contributed by atoms with Gasteiger partial charge in [0.05, 0.1) is 13.2 Å². The first-order valence-electron chi connectivity index (χ1n) is 6.48. The van der Waals surface area contributed by atoms with Gasteiger partial charge in [0, 0.05) is 19.0 Å². The number of hydrogen-bond acceptors (Lipinski definition) is 4. The maximum atomic E-state index is 11.8. The Balaban J connectivity index is 2.09. The van der Waals surface area contributed by atoms with Crippen LogP contribution in [0.5, 0.6) is 0 Å². The number of rotatable bonds is 3. The highest BCUT2D eigenvalue weighted by Gasteiger charge is 2.45. The number of nitrogens with zero attached hydrogens (tertiary/aromatic N) is 2. The number of carbonyl (C=O) groups excluding carboxylic acids is 1. The van der Waals surface area contributed by atoms with Crippen molar-refractivity contribution in [1.82, 2.24) is 4.90 Å². The lowest BCUT2D eigenvalue weighted by Crippen LogP contribution is -2.43. The van der Waals surface area contributed by atoms with Crippen molar-refractivity contribution < 1.29 is 9.53 Å². The summed E-state index contributed by atoms with van der Waals surface area (Å²) in [6.07, 6.45) is 6.34. The second kappa shape index (κ2) is 5.50. The number of methoxy groups -OCH3 is 1. The summed E-state index contributed by atoms with van der Waals surface area (Å²) in [6.45, 7) is 0.706. The third-order valence-corrected chi connectivity index (χ3v) is 4.18. The van der Waals surface area contributed by atoms with Crippen molar-refractivity contribution >= 4 is 5.97 Å². The van der Waals surface area contributed by atoms with Crippen molar-refractivity contribution in [3.05, 3.63) is 0 Å². The molecule has 94 valence electrons. The first-order valence-corrected chi connectivity index (χ1v) is 6.48. The molecule has 0 unspecified atom stereocenters. The molecule has 2 fully saturated rings. The standard InChI is InChI=1S/C13H20N2O2/c1-17-13(16)12-9-10-5-2-3-6-11(10)15(12)8-4-7-14/h10-12H,2-6,8-9H2,1H3/t10-,11-,12+/m1/s1. The molecule has 17 heavy (non-hydrogen) atoms. The Morgan fingerprint density at radius 1 is 1.47 bits per heavy atom. The van der Waals surface area contributed by atoms with Gasteiger partial charge in [0.25, 0.3) is 0 Å². The van der Waals surface area contributed by atoms with E-state index in [9.17, 15) is 4.79 Å². The van der Waals surface area contributed by atoms with E-state index >= 15 is 0 Å². The lowest BCUT2D eigenvalue weighted by atomic mass is 9.85. The SMILES string of the molecule is COC(=O)[C@@H]1C[C@H]2CCCC[C@H]2N1CCC#N. The highest BCUT2D eigenvalue weighted by atomic mass is 16.5. The fourth-order valence-corrected chi connectivity index (χ4v) is 3.42. The Morgan fingerprint density at radius 2 is 2.24 bits per heavy atom. The molecule has 0 bridgehead atoms. The van der Waals surface area contributed by atoms with Crippen LogP contribution in [0.4, 0.5) is 0 Å². The topological polar surface area (TPSA) is 53.3 Å². The van der Waals surface area contributed by atoms with Gasteiger partial charge in [-0.25, -0.2) is 0 Å². The summed E-state index contributed by atoms with van der Waals surface area (Å²) in [7, 11) is 1.45. The molecule has 2 rings (SSSR count). The summed E-state index contributed by atoms with van der Waals surface area (Å²) in [5, 5.41) is 8.71. The zero-order valence-electron chi connectivity index (χ0n) is 10.4. The van der Waals surface area contributed by atoms with Crippen LogP contribution < -0.4 is 0 Å². The fraction of sp³-hybridized carbons (Fsp3) is 0.846. The van der Waals surface area contributed by atoms with E-state index in [1.165, 1.54) is 32.8 Å². The van der Waals surface area contributed by atoms with E-state index in [0.29, 0.717) is 24.9 Å². The van der Waals surface area contributed by atoms with Gasteiger partial charge in [-0.2, -0.15) is 5.26 Å². The van der Waals surface area contributed by atoms with Crippen LogP contribution in [0.25, 0.3) is 0 Å². The van der Waals surface area contributed by atoms with Crippen LogP contribution in [-0.4, -0.2) is 36.6 Å². The number of fused-ring (bicyclic) bond motifs is 1. The monoisotopic (exact) mass is 236 g/mol. The van der Waals surface area contributed by atoms with Crippen LogP contribution in [0.15, 0.2) is 0 Å². The van der Waals surface area contributed by atoms with Crippen molar-refractivity contribution in [1.29, 1.82) is 5.26 Å². The van der Waals surface area contributed by atoms with E-state index in [-0.39, 0.29) is 12.0 Å². The molecule has 0 radical (unpaired) electrons. The number of esters is 1. The summed E-state index contributed by atoms with van der Waals surface area (Å²) in [4.78, 5) is 14.0. The largest absolute Gasteiger partial charge is 0.468 e. The Hall–Kier alpha value is -1.08. The van der Waals surface area contributed by atoms with Crippen LogP contribution in [0, 0.1) is 17.2 Å². The van der Waals surface area contributed by atoms with Crippen LogP contribution >= 0.6 is 0 Å². The van der Waals surface area contributed by atoms with Crippen LogP contribution in [0.1, 0.15) is 38.5 Å². The third kappa shape index (κ3) is 2.44. The quantitative estimate of drug-likeness (QED) is 0.700. The molecule has 0 aromatic rings. The fourth-order valence-electron chi connectivity index (χ4n) is 3.42. The van der Waals surface area contributed by atoms with Gasteiger partial charge in [-0.05, 0) is 25.2 Å². The second-order valence-corrected chi connectivity index (χ2v) is 5.03. The van der Waals surface area contributed by atoms with Gasteiger partial charge < -0.3 is 4.74 Å². The van der Waals surface area contributed by atoms with Gasteiger partial charge in [-0.1, -0.05) is 12.8 Å². The molecule has 0 spiro atoms. The predicted molar refractivity (Wildman–Crippen MR) is 63.1 cm³/mol. The molecule has 4 heteroatoms.